The van der Waals surface area contributed by atoms with E-state index in [0.29, 0.717) is 0 Å². The van der Waals surface area contributed by atoms with E-state index in [1.54, 1.807) is 7.05 Å². The molecule has 0 saturated heterocycles. The molecule has 76 valence electrons. The van der Waals surface area contributed by atoms with Gasteiger partial charge in [-0.25, -0.2) is 13.8 Å². The predicted molar refractivity (Wildman–Crippen MR) is 43.2 cm³/mol. The maximum Gasteiger partial charge on any atom is 0.296 e. The third-order valence-electron chi connectivity index (χ3n) is 1.65. The maximum atomic E-state index is 11.8. The number of alkyl halides is 2. The highest BCUT2D eigenvalue weighted by Gasteiger charge is 2.21. The van der Waals surface area contributed by atoms with Crippen molar-refractivity contribution in [2.24, 2.45) is 7.05 Å². The van der Waals surface area contributed by atoms with E-state index in [4.69, 9.17) is 0 Å². The Hall–Kier alpha value is -1.59. The number of aromatic nitrogens is 2. The van der Waals surface area contributed by atoms with Crippen LogP contribution in [0.1, 0.15) is 17.0 Å². The fraction of sp³-hybridized carbons (Fsp3) is 0.375. The molecule has 0 aromatic carbocycles. The topological polar surface area (TPSA) is 52.0 Å². The van der Waals surface area contributed by atoms with Gasteiger partial charge >= 0.3 is 0 Å². The summed E-state index contributed by atoms with van der Waals surface area (Å²) in [6.07, 6.45) is -1.04. The highest BCUT2D eigenvalue weighted by atomic mass is 19.3. The van der Waals surface area contributed by atoms with Gasteiger partial charge in [-0.1, -0.05) is 0 Å². The molecule has 0 aliphatic heterocycles. The zero-order valence-electron chi connectivity index (χ0n) is 7.41. The summed E-state index contributed by atoms with van der Waals surface area (Å²) in [7, 11) is 1.55. The number of hydrogen-bond donors (Lipinski definition) is 0. The van der Waals surface area contributed by atoms with Gasteiger partial charge in [-0.05, 0) is 0 Å². The lowest BCUT2D eigenvalue weighted by Crippen LogP contribution is -2.17. The van der Waals surface area contributed by atoms with Crippen LogP contribution in [0, 0.1) is 0 Å². The van der Waals surface area contributed by atoms with E-state index >= 15 is 0 Å². The second kappa shape index (κ2) is 4.08. The number of rotatable bonds is 4. The summed E-state index contributed by atoms with van der Waals surface area (Å²) in [5.41, 5.74) is 0. The summed E-state index contributed by atoms with van der Waals surface area (Å²) in [6.45, 7) is 0. The minimum absolute atomic E-state index is 0.0130. The normalized spacial score (nSPS) is 10.6. The second-order valence-electron chi connectivity index (χ2n) is 2.73. The molecule has 14 heavy (non-hydrogen) atoms. The molecular formula is C8H8F2N2O2. The van der Waals surface area contributed by atoms with Crippen LogP contribution in [0.2, 0.25) is 0 Å². The number of Topliss-reactive ketones (excluding diaryl/α,β-unsaturated/α-hetero) is 2. The van der Waals surface area contributed by atoms with Gasteiger partial charge in [0.1, 0.15) is 0 Å². The summed E-state index contributed by atoms with van der Waals surface area (Å²) < 4.78 is 25.0. The van der Waals surface area contributed by atoms with Crippen LogP contribution in [-0.2, 0) is 11.8 Å². The van der Waals surface area contributed by atoms with Crippen molar-refractivity contribution < 1.29 is 18.4 Å². The van der Waals surface area contributed by atoms with Gasteiger partial charge in [0.05, 0.1) is 6.42 Å². The van der Waals surface area contributed by atoms with Crippen molar-refractivity contribution in [3.63, 3.8) is 0 Å². The van der Waals surface area contributed by atoms with E-state index in [1.165, 1.54) is 17.0 Å². The third-order valence-corrected chi connectivity index (χ3v) is 1.65. The van der Waals surface area contributed by atoms with Crippen LogP contribution in [0.4, 0.5) is 8.78 Å². The monoisotopic (exact) mass is 202 g/mol. The van der Waals surface area contributed by atoms with Crippen LogP contribution in [0.15, 0.2) is 12.4 Å². The summed E-state index contributed by atoms with van der Waals surface area (Å²) in [5, 5.41) is 0. The Balaban J connectivity index is 2.69. The molecule has 4 nitrogen and oxygen atoms in total. The van der Waals surface area contributed by atoms with Crippen LogP contribution in [0.5, 0.6) is 0 Å². The number of imidazole rings is 1. The average molecular weight is 202 g/mol. The largest absolute Gasteiger partial charge is 0.332 e. The predicted octanol–water partition coefficient (Wildman–Crippen LogP) is 0.827. The van der Waals surface area contributed by atoms with Gasteiger partial charge in [-0.3, -0.25) is 9.59 Å². The molecule has 1 heterocycles. The Morgan fingerprint density at radius 3 is 2.64 bits per heavy atom. The second-order valence-corrected chi connectivity index (χ2v) is 2.73. The highest BCUT2D eigenvalue weighted by Crippen LogP contribution is 2.04. The molecule has 0 radical (unpaired) electrons. The number of halogens is 2. The van der Waals surface area contributed by atoms with Gasteiger partial charge in [0.25, 0.3) is 6.43 Å². The maximum absolute atomic E-state index is 11.8. The van der Waals surface area contributed by atoms with E-state index in [-0.39, 0.29) is 5.82 Å². The van der Waals surface area contributed by atoms with Crippen molar-refractivity contribution in [1.82, 2.24) is 9.55 Å². The Labute approximate surface area is 78.5 Å². The van der Waals surface area contributed by atoms with Crippen molar-refractivity contribution in [1.29, 1.82) is 0 Å². The van der Waals surface area contributed by atoms with E-state index in [2.05, 4.69) is 4.98 Å². The van der Waals surface area contributed by atoms with Crippen molar-refractivity contribution in [2.75, 3.05) is 0 Å². The molecule has 6 heteroatoms. The van der Waals surface area contributed by atoms with Gasteiger partial charge in [0, 0.05) is 19.4 Å². The van der Waals surface area contributed by atoms with Crippen molar-refractivity contribution in [2.45, 2.75) is 12.8 Å². The van der Waals surface area contributed by atoms with Crippen molar-refractivity contribution in [3.8, 4) is 0 Å². The fourth-order valence-corrected chi connectivity index (χ4v) is 0.949. The summed E-state index contributed by atoms with van der Waals surface area (Å²) in [4.78, 5) is 25.4. The van der Waals surface area contributed by atoms with Crippen LogP contribution >= 0.6 is 0 Å². The van der Waals surface area contributed by atoms with Crippen LogP contribution in [0.3, 0.4) is 0 Å². The Morgan fingerprint density at radius 2 is 2.21 bits per heavy atom. The number of aryl methyl sites for hydroxylation is 1. The lowest BCUT2D eigenvalue weighted by Gasteiger charge is -1.99. The minimum Gasteiger partial charge on any atom is -0.332 e. The number of hydrogen-bond acceptors (Lipinski definition) is 3. The third kappa shape index (κ3) is 2.21. The van der Waals surface area contributed by atoms with E-state index in [1.807, 2.05) is 0 Å². The van der Waals surface area contributed by atoms with Gasteiger partial charge in [-0.2, -0.15) is 0 Å². The van der Waals surface area contributed by atoms with Gasteiger partial charge in [-0.15, -0.1) is 0 Å². The molecule has 0 aliphatic rings. The van der Waals surface area contributed by atoms with Gasteiger partial charge in [0.2, 0.25) is 11.6 Å². The number of nitrogens with zero attached hydrogens (tertiary/aromatic N) is 2. The molecule has 0 atom stereocenters. The zero-order valence-corrected chi connectivity index (χ0v) is 7.41. The quantitative estimate of drug-likeness (QED) is 0.536. The lowest BCUT2D eigenvalue weighted by atomic mass is 10.2. The first kappa shape index (κ1) is 10.5. The van der Waals surface area contributed by atoms with Crippen molar-refractivity contribution in [3.05, 3.63) is 18.2 Å². The molecule has 1 aromatic rings. The molecule has 0 aliphatic carbocycles. The molecule has 1 rings (SSSR count). The van der Waals surface area contributed by atoms with Crippen LogP contribution in [-0.4, -0.2) is 27.5 Å². The first-order valence-corrected chi connectivity index (χ1v) is 3.83. The summed E-state index contributed by atoms with van der Waals surface area (Å²) >= 11 is 0. The zero-order chi connectivity index (χ0) is 10.7. The minimum atomic E-state index is -3.10. The van der Waals surface area contributed by atoms with E-state index in [0.717, 1.165) is 0 Å². The highest BCUT2D eigenvalue weighted by molar-refractivity contribution is 6.07. The van der Waals surface area contributed by atoms with Gasteiger partial charge in [0.15, 0.2) is 5.82 Å². The number of carbonyl (C=O) groups excluding carboxylic acids is 2. The van der Waals surface area contributed by atoms with Crippen molar-refractivity contribution >= 4 is 11.6 Å². The molecular weight excluding hydrogens is 194 g/mol. The first-order chi connectivity index (χ1) is 6.52. The molecule has 0 fully saturated rings. The molecule has 0 unspecified atom stereocenters. The van der Waals surface area contributed by atoms with E-state index < -0.39 is 24.4 Å². The number of carbonyl (C=O) groups is 2. The Kier molecular flexibility index (Phi) is 3.06. The smallest absolute Gasteiger partial charge is 0.296 e. The molecule has 0 bridgehead atoms. The van der Waals surface area contributed by atoms with E-state index in [9.17, 15) is 18.4 Å². The standard InChI is InChI=1S/C8H8F2N2O2/c1-12-3-2-11-8(12)6(14)4-5(13)7(9)10/h2-3,7H,4H2,1H3. The Morgan fingerprint density at radius 1 is 1.57 bits per heavy atom. The number of ketones is 2. The first-order valence-electron chi connectivity index (χ1n) is 3.83. The van der Waals surface area contributed by atoms with Crippen LogP contribution < -0.4 is 0 Å². The Bertz CT molecular complexity index is 360. The molecule has 0 saturated carbocycles. The fourth-order valence-electron chi connectivity index (χ4n) is 0.949. The van der Waals surface area contributed by atoms with Crippen LogP contribution in [0.25, 0.3) is 0 Å². The molecule has 0 amide bonds. The summed E-state index contributed by atoms with van der Waals surface area (Å²) in [6, 6.07) is 0. The van der Waals surface area contributed by atoms with Gasteiger partial charge < -0.3 is 4.57 Å². The molecule has 1 aromatic heterocycles. The SMILES string of the molecule is Cn1ccnc1C(=O)CC(=O)C(F)F. The summed E-state index contributed by atoms with van der Waals surface area (Å²) in [5.74, 6) is -2.06. The lowest BCUT2D eigenvalue weighted by molar-refractivity contribution is -0.128. The molecule has 0 N–H and O–H groups in total. The molecule has 0 spiro atoms. The average Bonchev–Trinajstić information content (AvgIpc) is 2.51.